The van der Waals surface area contributed by atoms with Gasteiger partial charge in [0.1, 0.15) is 5.57 Å². The second-order valence-corrected chi connectivity index (χ2v) is 5.03. The van der Waals surface area contributed by atoms with Gasteiger partial charge in [0.05, 0.1) is 12.3 Å². The van der Waals surface area contributed by atoms with E-state index in [0.29, 0.717) is 5.56 Å². The van der Waals surface area contributed by atoms with E-state index in [0.717, 1.165) is 4.90 Å². The first-order valence-corrected chi connectivity index (χ1v) is 6.92. The van der Waals surface area contributed by atoms with Crippen LogP contribution in [0.5, 0.6) is 0 Å². The van der Waals surface area contributed by atoms with Gasteiger partial charge in [-0.1, -0.05) is 30.3 Å². The first kappa shape index (κ1) is 16.6. The zero-order valence-corrected chi connectivity index (χ0v) is 12.7. The fraction of sp³-hybridized carbons (Fsp3) is 0.333. The molecule has 0 saturated carbocycles. The number of aliphatic hydroxyl groups is 1. The monoisotopic (exact) mass is 320 g/mol. The predicted molar refractivity (Wildman–Crippen MR) is 79.6 cm³/mol. The Labute approximate surface area is 132 Å². The van der Waals surface area contributed by atoms with Gasteiger partial charge in [-0.2, -0.15) is 0 Å². The molecule has 23 heavy (non-hydrogen) atoms. The van der Waals surface area contributed by atoms with Crippen molar-refractivity contribution in [3.05, 3.63) is 51.6 Å². The third-order valence-electron chi connectivity index (χ3n) is 3.53. The fourth-order valence-electron chi connectivity index (χ4n) is 2.59. The predicted octanol–water partition coefficient (Wildman–Crippen LogP) is 0.441. The highest BCUT2D eigenvalue weighted by Crippen LogP contribution is 2.38. The Morgan fingerprint density at radius 2 is 2.00 bits per heavy atom. The van der Waals surface area contributed by atoms with Crippen LogP contribution in [-0.4, -0.2) is 52.6 Å². The van der Waals surface area contributed by atoms with Gasteiger partial charge in [0.2, 0.25) is 12.1 Å². The van der Waals surface area contributed by atoms with E-state index in [1.807, 2.05) is 0 Å². The standard InChI is InChI=1S/C15H16N2O6/c1-3-23-13(18)11-12(10-7-5-4-6-8-10)16(2)14(19)15(11,20)9-17(21)22/h4-8,20H,3,9H2,1-2H3/t15-/m1/s1. The topological polar surface area (TPSA) is 110 Å². The lowest BCUT2D eigenvalue weighted by molar-refractivity contribution is -0.493. The molecule has 1 heterocycles. The fourth-order valence-corrected chi connectivity index (χ4v) is 2.59. The second kappa shape index (κ2) is 6.17. The smallest absolute Gasteiger partial charge is 0.339 e. The first-order valence-electron chi connectivity index (χ1n) is 6.92. The van der Waals surface area contributed by atoms with Gasteiger partial charge in [-0.15, -0.1) is 0 Å². The third-order valence-corrected chi connectivity index (χ3v) is 3.53. The van der Waals surface area contributed by atoms with E-state index in [-0.39, 0.29) is 12.3 Å². The van der Waals surface area contributed by atoms with Crippen LogP contribution in [-0.2, 0) is 14.3 Å². The number of carbonyl (C=O) groups excluding carboxylic acids is 2. The summed E-state index contributed by atoms with van der Waals surface area (Å²) in [6, 6.07) is 8.39. The molecular formula is C15H16N2O6. The van der Waals surface area contributed by atoms with E-state index in [4.69, 9.17) is 4.74 Å². The minimum Gasteiger partial charge on any atom is -0.462 e. The molecule has 1 N–H and O–H groups in total. The van der Waals surface area contributed by atoms with E-state index in [1.165, 1.54) is 7.05 Å². The number of benzene rings is 1. The van der Waals surface area contributed by atoms with E-state index in [9.17, 15) is 24.8 Å². The normalized spacial score (nSPS) is 20.8. The molecule has 0 unspecified atom stereocenters. The number of rotatable bonds is 5. The molecule has 1 aromatic rings. The van der Waals surface area contributed by atoms with Crippen molar-refractivity contribution in [2.75, 3.05) is 20.2 Å². The summed E-state index contributed by atoms with van der Waals surface area (Å²) in [7, 11) is 1.35. The van der Waals surface area contributed by atoms with Crippen LogP contribution in [0, 0.1) is 10.1 Å². The molecular weight excluding hydrogens is 304 g/mol. The molecule has 0 aromatic heterocycles. The highest BCUT2D eigenvalue weighted by Gasteiger charge is 2.57. The van der Waals surface area contributed by atoms with Crippen molar-refractivity contribution in [1.82, 2.24) is 4.90 Å². The first-order chi connectivity index (χ1) is 10.8. The van der Waals surface area contributed by atoms with Crippen molar-refractivity contribution in [2.45, 2.75) is 12.5 Å². The molecule has 0 saturated heterocycles. The van der Waals surface area contributed by atoms with Crippen LogP contribution in [0.2, 0.25) is 0 Å². The lowest BCUT2D eigenvalue weighted by Crippen LogP contribution is -2.49. The van der Waals surface area contributed by atoms with Crippen LogP contribution in [0.3, 0.4) is 0 Å². The Morgan fingerprint density at radius 1 is 1.39 bits per heavy atom. The van der Waals surface area contributed by atoms with Crippen LogP contribution < -0.4 is 0 Å². The molecule has 1 aromatic carbocycles. The van der Waals surface area contributed by atoms with E-state index in [2.05, 4.69) is 0 Å². The number of nitro groups is 1. The van der Waals surface area contributed by atoms with Crippen molar-refractivity contribution < 1.29 is 24.4 Å². The zero-order valence-electron chi connectivity index (χ0n) is 12.7. The molecule has 0 aliphatic carbocycles. The van der Waals surface area contributed by atoms with Crippen LogP contribution in [0.15, 0.2) is 35.9 Å². The Balaban J connectivity index is 2.69. The maximum absolute atomic E-state index is 12.4. The molecule has 0 spiro atoms. The van der Waals surface area contributed by atoms with Crippen molar-refractivity contribution in [3.63, 3.8) is 0 Å². The average Bonchev–Trinajstić information content (AvgIpc) is 2.69. The highest BCUT2D eigenvalue weighted by molar-refractivity contribution is 6.14. The van der Waals surface area contributed by atoms with Crippen molar-refractivity contribution in [2.24, 2.45) is 0 Å². The van der Waals surface area contributed by atoms with Gasteiger partial charge in [0, 0.05) is 12.0 Å². The molecule has 122 valence electrons. The summed E-state index contributed by atoms with van der Waals surface area (Å²) >= 11 is 0. The van der Waals surface area contributed by atoms with E-state index < -0.39 is 34.5 Å². The van der Waals surface area contributed by atoms with Crippen LogP contribution in [0.4, 0.5) is 0 Å². The van der Waals surface area contributed by atoms with Crippen LogP contribution in [0.1, 0.15) is 12.5 Å². The Bertz CT molecular complexity index is 684. The lowest BCUT2D eigenvalue weighted by Gasteiger charge is -2.19. The quantitative estimate of drug-likeness (QED) is 0.479. The molecule has 8 nitrogen and oxygen atoms in total. The van der Waals surface area contributed by atoms with Gasteiger partial charge < -0.3 is 14.7 Å². The molecule has 2 rings (SSSR count). The molecule has 1 aliphatic rings. The maximum Gasteiger partial charge on any atom is 0.339 e. The number of nitrogens with zero attached hydrogens (tertiary/aromatic N) is 2. The second-order valence-electron chi connectivity index (χ2n) is 5.03. The summed E-state index contributed by atoms with van der Waals surface area (Å²) in [6.07, 6.45) is 0. The molecule has 0 bridgehead atoms. The summed E-state index contributed by atoms with van der Waals surface area (Å²) in [5.41, 5.74) is -2.37. The number of ether oxygens (including phenoxy) is 1. The van der Waals surface area contributed by atoms with Gasteiger partial charge >= 0.3 is 5.97 Å². The third kappa shape index (κ3) is 2.80. The minimum atomic E-state index is -2.55. The van der Waals surface area contributed by atoms with Crippen molar-refractivity contribution >= 4 is 17.6 Å². The summed E-state index contributed by atoms with van der Waals surface area (Å²) in [5.74, 6) is -1.88. The Morgan fingerprint density at radius 3 is 2.52 bits per heavy atom. The molecule has 1 aliphatic heterocycles. The molecule has 8 heteroatoms. The highest BCUT2D eigenvalue weighted by atomic mass is 16.6. The number of esters is 1. The molecule has 1 amide bonds. The largest absolute Gasteiger partial charge is 0.462 e. The van der Waals surface area contributed by atoms with Gasteiger partial charge in [-0.25, -0.2) is 4.79 Å². The SMILES string of the molecule is CCOC(=O)C1=C(c2ccccc2)N(C)C(=O)[C@@]1(O)C[N+](=O)[O-]. The summed E-state index contributed by atoms with van der Waals surface area (Å²) in [6.45, 7) is 0.463. The van der Waals surface area contributed by atoms with Crippen LogP contribution in [0.25, 0.3) is 5.70 Å². The Kier molecular flexibility index (Phi) is 4.46. The van der Waals surface area contributed by atoms with Gasteiger partial charge in [0.15, 0.2) is 0 Å². The van der Waals surface area contributed by atoms with Crippen molar-refractivity contribution in [3.8, 4) is 0 Å². The summed E-state index contributed by atoms with van der Waals surface area (Å²) < 4.78 is 4.89. The number of hydrogen-bond donors (Lipinski definition) is 1. The number of amides is 1. The number of likely N-dealkylation sites (N-methyl/N-ethyl adjacent to an activating group) is 1. The Hall–Kier alpha value is -2.74. The molecule has 0 radical (unpaired) electrons. The molecule has 1 atom stereocenters. The number of hydrogen-bond acceptors (Lipinski definition) is 6. The zero-order chi connectivity index (χ0) is 17.2. The van der Waals surface area contributed by atoms with Crippen molar-refractivity contribution in [1.29, 1.82) is 0 Å². The average molecular weight is 320 g/mol. The lowest BCUT2D eigenvalue weighted by atomic mass is 9.93. The van der Waals surface area contributed by atoms with Crippen LogP contribution >= 0.6 is 0 Å². The molecule has 0 fully saturated rings. The van der Waals surface area contributed by atoms with Gasteiger partial charge in [-0.3, -0.25) is 14.9 Å². The number of carbonyl (C=O) groups is 2. The maximum atomic E-state index is 12.4. The van der Waals surface area contributed by atoms with Gasteiger partial charge in [0.25, 0.3) is 5.91 Å². The van der Waals surface area contributed by atoms with Gasteiger partial charge in [-0.05, 0) is 12.5 Å². The van der Waals surface area contributed by atoms with E-state index >= 15 is 0 Å². The summed E-state index contributed by atoms with van der Waals surface area (Å²) in [4.78, 5) is 35.8. The summed E-state index contributed by atoms with van der Waals surface area (Å²) in [5, 5.41) is 21.5. The van der Waals surface area contributed by atoms with E-state index in [1.54, 1.807) is 37.3 Å². The minimum absolute atomic E-state index is 0.0108.